The summed E-state index contributed by atoms with van der Waals surface area (Å²) in [5.41, 5.74) is -0.732. The summed E-state index contributed by atoms with van der Waals surface area (Å²) in [6.45, 7) is 0.690. The Kier molecular flexibility index (Phi) is 4.28. The van der Waals surface area contributed by atoms with E-state index in [0.717, 1.165) is 28.6 Å². The Morgan fingerprint density at radius 2 is 1.56 bits per heavy atom. The van der Waals surface area contributed by atoms with Gasteiger partial charge in [-0.2, -0.15) is 13.2 Å². The number of fused-ring (bicyclic) bond motifs is 1. The number of alkyl halides is 3. The van der Waals surface area contributed by atoms with E-state index in [0.29, 0.717) is 24.7 Å². The maximum Gasteiger partial charge on any atom is 0.416 e. The smallest absolute Gasteiger partial charge is 0.416 e. The average molecular weight is 373 g/mol. The van der Waals surface area contributed by atoms with Gasteiger partial charge in [0.05, 0.1) is 16.1 Å². The summed E-state index contributed by atoms with van der Waals surface area (Å²) >= 11 is 0. The molecule has 2 aromatic carbocycles. The molecular formula is C16H14F3NO4S. The summed E-state index contributed by atoms with van der Waals surface area (Å²) in [6, 6.07) is 8.09. The van der Waals surface area contributed by atoms with Crippen LogP contribution in [0.3, 0.4) is 0 Å². The summed E-state index contributed by atoms with van der Waals surface area (Å²) in [4.78, 5) is -0.0425. The molecule has 5 nitrogen and oxygen atoms in total. The number of rotatable bonds is 3. The SMILES string of the molecule is CN(c1ccc(C(F)(F)F)cc1)S(=O)(=O)c1ccc2c(c1)OCCO2. The van der Waals surface area contributed by atoms with E-state index in [1.165, 1.54) is 25.2 Å². The molecule has 3 rings (SSSR count). The van der Waals surface area contributed by atoms with Gasteiger partial charge in [0.2, 0.25) is 0 Å². The zero-order valence-corrected chi connectivity index (χ0v) is 13.9. The third-order valence-electron chi connectivity index (χ3n) is 3.73. The lowest BCUT2D eigenvalue weighted by atomic mass is 10.2. The van der Waals surface area contributed by atoms with Crippen LogP contribution in [0.2, 0.25) is 0 Å². The lowest BCUT2D eigenvalue weighted by molar-refractivity contribution is -0.137. The van der Waals surface area contributed by atoms with Crippen molar-refractivity contribution in [3.63, 3.8) is 0 Å². The molecule has 0 amide bonds. The second kappa shape index (κ2) is 6.14. The van der Waals surface area contributed by atoms with Crippen LogP contribution < -0.4 is 13.8 Å². The van der Waals surface area contributed by atoms with Crippen LogP contribution in [0.1, 0.15) is 5.56 Å². The Balaban J connectivity index is 1.91. The Hall–Kier alpha value is -2.42. The fourth-order valence-electron chi connectivity index (χ4n) is 2.34. The topological polar surface area (TPSA) is 55.8 Å². The molecule has 25 heavy (non-hydrogen) atoms. The molecule has 0 atom stereocenters. The maximum atomic E-state index is 12.7. The highest BCUT2D eigenvalue weighted by molar-refractivity contribution is 7.92. The van der Waals surface area contributed by atoms with Crippen molar-refractivity contribution in [2.75, 3.05) is 24.6 Å². The summed E-state index contributed by atoms with van der Waals surface area (Å²) in [6.07, 6.45) is -4.48. The van der Waals surface area contributed by atoms with Crippen molar-refractivity contribution >= 4 is 15.7 Å². The van der Waals surface area contributed by atoms with Gasteiger partial charge >= 0.3 is 6.18 Å². The molecule has 0 radical (unpaired) electrons. The minimum atomic E-state index is -4.48. The lowest BCUT2D eigenvalue weighted by Crippen LogP contribution is -2.27. The Labute approximate surface area is 142 Å². The van der Waals surface area contributed by atoms with Crippen molar-refractivity contribution in [3.05, 3.63) is 48.0 Å². The second-order valence-corrected chi connectivity index (χ2v) is 7.29. The molecule has 0 N–H and O–H groups in total. The number of hydrogen-bond donors (Lipinski definition) is 0. The molecule has 134 valence electrons. The number of benzene rings is 2. The van der Waals surface area contributed by atoms with Crippen molar-refractivity contribution in [3.8, 4) is 11.5 Å². The van der Waals surface area contributed by atoms with Crippen LogP contribution in [0.5, 0.6) is 11.5 Å². The van der Waals surface area contributed by atoms with Crippen LogP contribution in [0.25, 0.3) is 0 Å². The van der Waals surface area contributed by atoms with E-state index in [9.17, 15) is 21.6 Å². The largest absolute Gasteiger partial charge is 0.486 e. The first-order chi connectivity index (χ1) is 11.7. The molecule has 0 aliphatic carbocycles. The third kappa shape index (κ3) is 3.37. The third-order valence-corrected chi connectivity index (χ3v) is 5.51. The summed E-state index contributed by atoms with van der Waals surface area (Å²) in [5, 5.41) is 0. The fraction of sp³-hybridized carbons (Fsp3) is 0.250. The van der Waals surface area contributed by atoms with E-state index in [4.69, 9.17) is 9.47 Å². The second-order valence-electron chi connectivity index (χ2n) is 5.32. The molecule has 2 aromatic rings. The molecule has 1 heterocycles. The number of hydrogen-bond acceptors (Lipinski definition) is 4. The van der Waals surface area contributed by atoms with Crippen LogP contribution in [0.15, 0.2) is 47.4 Å². The Morgan fingerprint density at radius 3 is 2.16 bits per heavy atom. The highest BCUT2D eigenvalue weighted by Crippen LogP contribution is 2.35. The summed E-state index contributed by atoms with van der Waals surface area (Å²) in [5.74, 6) is 0.760. The predicted octanol–water partition coefficient (Wildman–Crippen LogP) is 3.30. The van der Waals surface area contributed by atoms with E-state index in [-0.39, 0.29) is 10.6 Å². The van der Waals surface area contributed by atoms with Crippen molar-refractivity contribution in [2.24, 2.45) is 0 Å². The molecule has 0 spiro atoms. The van der Waals surface area contributed by atoms with Crippen molar-refractivity contribution in [1.29, 1.82) is 0 Å². The van der Waals surface area contributed by atoms with Gasteiger partial charge in [-0.25, -0.2) is 8.42 Å². The minimum absolute atomic E-state index is 0.0425. The maximum absolute atomic E-state index is 12.7. The Bertz CT molecular complexity index is 879. The van der Waals surface area contributed by atoms with Gasteiger partial charge in [-0.3, -0.25) is 4.31 Å². The van der Waals surface area contributed by atoms with E-state index >= 15 is 0 Å². The molecule has 0 saturated carbocycles. The lowest BCUT2D eigenvalue weighted by Gasteiger charge is -2.22. The van der Waals surface area contributed by atoms with E-state index in [2.05, 4.69) is 0 Å². The molecular weight excluding hydrogens is 359 g/mol. The number of sulfonamides is 1. The molecule has 0 saturated heterocycles. The standard InChI is InChI=1S/C16H14F3NO4S/c1-20(12-4-2-11(3-5-12)16(17,18)19)25(21,22)13-6-7-14-15(10-13)24-9-8-23-14/h2-7,10H,8-9H2,1H3. The van der Waals surface area contributed by atoms with Gasteiger partial charge in [0.15, 0.2) is 11.5 Å². The van der Waals surface area contributed by atoms with E-state index in [1.54, 1.807) is 0 Å². The molecule has 9 heteroatoms. The van der Waals surface area contributed by atoms with Gasteiger partial charge in [0, 0.05) is 13.1 Å². The van der Waals surface area contributed by atoms with Gasteiger partial charge in [0.25, 0.3) is 10.0 Å². The Morgan fingerprint density at radius 1 is 0.960 bits per heavy atom. The van der Waals surface area contributed by atoms with Gasteiger partial charge in [-0.05, 0) is 36.4 Å². The van der Waals surface area contributed by atoms with Gasteiger partial charge in [-0.1, -0.05) is 0 Å². The first-order valence-electron chi connectivity index (χ1n) is 7.25. The molecule has 1 aliphatic heterocycles. The zero-order chi connectivity index (χ0) is 18.2. The van der Waals surface area contributed by atoms with Gasteiger partial charge in [-0.15, -0.1) is 0 Å². The number of ether oxygens (including phenoxy) is 2. The molecule has 0 aromatic heterocycles. The highest BCUT2D eigenvalue weighted by Gasteiger charge is 2.31. The molecule has 0 unspecified atom stereocenters. The monoisotopic (exact) mass is 373 g/mol. The average Bonchev–Trinajstić information content (AvgIpc) is 2.60. The normalized spacial score (nSPS) is 14.2. The van der Waals surface area contributed by atoms with Crippen LogP contribution in [0, 0.1) is 0 Å². The van der Waals surface area contributed by atoms with Crippen LogP contribution >= 0.6 is 0 Å². The van der Waals surface area contributed by atoms with Gasteiger partial charge in [0.1, 0.15) is 13.2 Å². The highest BCUT2D eigenvalue weighted by atomic mass is 32.2. The van der Waals surface area contributed by atoms with Crippen molar-refractivity contribution in [1.82, 2.24) is 0 Å². The first-order valence-corrected chi connectivity index (χ1v) is 8.69. The van der Waals surface area contributed by atoms with Crippen LogP contribution in [-0.2, 0) is 16.2 Å². The van der Waals surface area contributed by atoms with Crippen molar-refractivity contribution < 1.29 is 31.1 Å². The van der Waals surface area contributed by atoms with Crippen LogP contribution in [-0.4, -0.2) is 28.7 Å². The predicted molar refractivity (Wildman–Crippen MR) is 84.5 cm³/mol. The van der Waals surface area contributed by atoms with Gasteiger partial charge < -0.3 is 9.47 Å². The summed E-state index contributed by atoms with van der Waals surface area (Å²) in [7, 11) is -2.68. The molecule has 1 aliphatic rings. The quantitative estimate of drug-likeness (QED) is 0.828. The molecule has 0 bridgehead atoms. The zero-order valence-electron chi connectivity index (χ0n) is 13.1. The summed E-state index contributed by atoms with van der Waals surface area (Å²) < 4.78 is 74.9. The van der Waals surface area contributed by atoms with E-state index in [1.807, 2.05) is 0 Å². The minimum Gasteiger partial charge on any atom is -0.486 e. The number of halogens is 3. The number of nitrogens with zero attached hydrogens (tertiary/aromatic N) is 1. The van der Waals surface area contributed by atoms with Crippen LogP contribution in [0.4, 0.5) is 18.9 Å². The fourth-order valence-corrected chi connectivity index (χ4v) is 3.55. The number of anilines is 1. The molecule has 0 fully saturated rings. The van der Waals surface area contributed by atoms with Crippen molar-refractivity contribution in [2.45, 2.75) is 11.1 Å². The van der Waals surface area contributed by atoms with E-state index < -0.39 is 21.8 Å². The first kappa shape index (κ1) is 17.4.